The molecule has 6 heteroatoms. The number of carbonyl (C=O) groups excluding carboxylic acids is 2. The van der Waals surface area contributed by atoms with Gasteiger partial charge >= 0.3 is 0 Å². The summed E-state index contributed by atoms with van der Waals surface area (Å²) in [6.07, 6.45) is 2.60. The van der Waals surface area contributed by atoms with Crippen LogP contribution in [0.4, 0.5) is 17.1 Å². The quantitative estimate of drug-likeness (QED) is 0.883. The number of nitrogens with zero attached hydrogens (tertiary/aromatic N) is 2. The van der Waals surface area contributed by atoms with Crippen LogP contribution in [0.15, 0.2) is 53.5 Å². The Bertz CT molecular complexity index is 892. The molecule has 0 radical (unpaired) electrons. The zero-order valence-electron chi connectivity index (χ0n) is 14.1. The molecular formula is C20H18ClN3O2. The maximum Gasteiger partial charge on any atom is 0.244 e. The number of rotatable bonds is 3. The van der Waals surface area contributed by atoms with Crippen LogP contribution in [0.25, 0.3) is 0 Å². The first-order valence-electron chi connectivity index (χ1n) is 8.65. The predicted octanol–water partition coefficient (Wildman–Crippen LogP) is 4.20. The molecule has 1 aliphatic heterocycles. The second-order valence-corrected chi connectivity index (χ2v) is 6.95. The molecule has 26 heavy (non-hydrogen) atoms. The number of aliphatic imine (C=N–C) groups is 1. The largest absolute Gasteiger partial charge is 0.325 e. The topological polar surface area (TPSA) is 61.8 Å². The van der Waals surface area contributed by atoms with Crippen LogP contribution in [0.5, 0.6) is 0 Å². The van der Waals surface area contributed by atoms with E-state index in [0.717, 1.165) is 30.7 Å². The lowest BCUT2D eigenvalue weighted by molar-refractivity contribution is -0.122. The number of hydrogen-bond donors (Lipinski definition) is 1. The molecule has 1 aliphatic carbocycles. The summed E-state index contributed by atoms with van der Waals surface area (Å²) in [6.45, 7) is -0.0439. The number of para-hydroxylation sites is 2. The van der Waals surface area contributed by atoms with Crippen molar-refractivity contribution in [2.75, 3.05) is 16.8 Å². The van der Waals surface area contributed by atoms with Crippen LogP contribution >= 0.6 is 11.6 Å². The van der Waals surface area contributed by atoms with Gasteiger partial charge in [0, 0.05) is 16.4 Å². The van der Waals surface area contributed by atoms with Gasteiger partial charge in [0.1, 0.15) is 6.54 Å². The van der Waals surface area contributed by atoms with Gasteiger partial charge in [-0.05, 0) is 55.7 Å². The van der Waals surface area contributed by atoms with Gasteiger partial charge < -0.3 is 10.2 Å². The molecule has 0 unspecified atom stereocenters. The summed E-state index contributed by atoms with van der Waals surface area (Å²) in [5.41, 5.74) is 3.01. The third-order valence-corrected chi connectivity index (χ3v) is 5.01. The number of halogens is 1. The van der Waals surface area contributed by atoms with E-state index in [9.17, 15) is 9.59 Å². The Hall–Kier alpha value is -2.66. The number of benzene rings is 2. The fourth-order valence-electron chi connectivity index (χ4n) is 3.52. The molecule has 2 aromatic rings. The van der Waals surface area contributed by atoms with E-state index in [-0.39, 0.29) is 24.3 Å². The normalized spacial score (nSPS) is 18.7. The fraction of sp³-hybridized carbons (Fsp3) is 0.250. The molecule has 0 saturated heterocycles. The number of anilines is 2. The molecule has 1 fully saturated rings. The maximum atomic E-state index is 13.1. The van der Waals surface area contributed by atoms with Gasteiger partial charge in [-0.1, -0.05) is 23.7 Å². The number of amides is 2. The lowest BCUT2D eigenvalue weighted by atomic mass is 10.1. The molecule has 0 spiro atoms. The minimum absolute atomic E-state index is 0.0439. The van der Waals surface area contributed by atoms with Crippen LogP contribution in [0.3, 0.4) is 0 Å². The van der Waals surface area contributed by atoms with Crippen molar-refractivity contribution in [2.24, 2.45) is 10.9 Å². The first-order valence-corrected chi connectivity index (χ1v) is 9.03. The summed E-state index contributed by atoms with van der Waals surface area (Å²) in [7, 11) is 0. The highest BCUT2D eigenvalue weighted by Gasteiger charge is 2.36. The van der Waals surface area contributed by atoms with Crippen LogP contribution in [-0.4, -0.2) is 24.1 Å². The van der Waals surface area contributed by atoms with Gasteiger partial charge in [0.2, 0.25) is 11.8 Å². The van der Waals surface area contributed by atoms with Crippen LogP contribution < -0.4 is 10.2 Å². The summed E-state index contributed by atoms with van der Waals surface area (Å²) in [5, 5.41) is 3.42. The van der Waals surface area contributed by atoms with E-state index in [0.29, 0.717) is 16.4 Å². The second kappa shape index (κ2) is 6.92. The molecule has 132 valence electrons. The highest BCUT2D eigenvalue weighted by Crippen LogP contribution is 2.37. The molecule has 0 bridgehead atoms. The summed E-state index contributed by atoms with van der Waals surface area (Å²) < 4.78 is 0. The van der Waals surface area contributed by atoms with Gasteiger partial charge in [0.15, 0.2) is 0 Å². The molecule has 1 heterocycles. The molecule has 0 aromatic heterocycles. The zero-order valence-corrected chi connectivity index (χ0v) is 14.9. The zero-order chi connectivity index (χ0) is 18.1. The second-order valence-electron chi connectivity index (χ2n) is 6.52. The molecule has 1 atom stereocenters. The maximum absolute atomic E-state index is 13.1. The monoisotopic (exact) mass is 367 g/mol. The Labute approximate surface area is 156 Å². The Morgan fingerprint density at radius 2 is 1.96 bits per heavy atom. The van der Waals surface area contributed by atoms with Gasteiger partial charge in [-0.15, -0.1) is 0 Å². The average Bonchev–Trinajstić information content (AvgIpc) is 3.06. The number of carbonyl (C=O) groups is 2. The van der Waals surface area contributed by atoms with Gasteiger partial charge in [-0.3, -0.25) is 14.6 Å². The van der Waals surface area contributed by atoms with E-state index in [2.05, 4.69) is 5.32 Å². The highest BCUT2D eigenvalue weighted by atomic mass is 35.5. The van der Waals surface area contributed by atoms with Crippen LogP contribution in [-0.2, 0) is 9.59 Å². The van der Waals surface area contributed by atoms with Crippen molar-refractivity contribution >= 4 is 46.2 Å². The number of nitrogens with one attached hydrogen (secondary N) is 1. The van der Waals surface area contributed by atoms with E-state index in [1.165, 1.54) is 0 Å². The fourth-order valence-corrected chi connectivity index (χ4v) is 3.64. The molecule has 4 rings (SSSR count). The van der Waals surface area contributed by atoms with Crippen molar-refractivity contribution in [3.63, 3.8) is 0 Å². The Balaban J connectivity index is 1.59. The highest BCUT2D eigenvalue weighted by molar-refractivity contribution is 6.30. The molecule has 2 amide bonds. The summed E-state index contributed by atoms with van der Waals surface area (Å²) >= 11 is 5.87. The number of hydrogen-bond acceptors (Lipinski definition) is 3. The minimum Gasteiger partial charge on any atom is -0.325 e. The minimum atomic E-state index is -0.253. The Morgan fingerprint density at radius 1 is 1.19 bits per heavy atom. The number of fused-ring (bicyclic) bond motifs is 2. The van der Waals surface area contributed by atoms with Crippen LogP contribution in [0.1, 0.15) is 19.3 Å². The molecule has 5 nitrogen and oxygen atoms in total. The Morgan fingerprint density at radius 3 is 2.77 bits per heavy atom. The van der Waals surface area contributed by atoms with Gasteiger partial charge in [-0.2, -0.15) is 0 Å². The van der Waals surface area contributed by atoms with E-state index < -0.39 is 0 Å². The van der Waals surface area contributed by atoms with E-state index >= 15 is 0 Å². The van der Waals surface area contributed by atoms with Gasteiger partial charge in [-0.25, -0.2) is 0 Å². The van der Waals surface area contributed by atoms with E-state index in [4.69, 9.17) is 16.6 Å². The van der Waals surface area contributed by atoms with Crippen molar-refractivity contribution in [1.29, 1.82) is 0 Å². The van der Waals surface area contributed by atoms with Crippen LogP contribution in [0.2, 0.25) is 5.02 Å². The van der Waals surface area contributed by atoms with Crippen molar-refractivity contribution in [2.45, 2.75) is 19.3 Å². The Kier molecular flexibility index (Phi) is 4.47. The summed E-state index contributed by atoms with van der Waals surface area (Å²) in [6, 6.07) is 14.4. The van der Waals surface area contributed by atoms with Gasteiger partial charge in [0.05, 0.1) is 17.3 Å². The molecule has 2 aliphatic rings. The van der Waals surface area contributed by atoms with Crippen molar-refractivity contribution in [3.05, 3.63) is 53.6 Å². The first kappa shape index (κ1) is 16.8. The summed E-state index contributed by atoms with van der Waals surface area (Å²) in [4.78, 5) is 31.9. The van der Waals surface area contributed by atoms with E-state index in [1.807, 2.05) is 24.3 Å². The lowest BCUT2D eigenvalue weighted by Gasteiger charge is -2.24. The van der Waals surface area contributed by atoms with Crippen molar-refractivity contribution in [1.82, 2.24) is 0 Å². The molecule has 2 aromatic carbocycles. The SMILES string of the molecule is O=C(CN1C(=O)[C@H]2CCCC2=Nc2ccccc21)Nc1ccc(Cl)cc1. The molecule has 1 N–H and O–H groups in total. The average molecular weight is 368 g/mol. The smallest absolute Gasteiger partial charge is 0.244 e. The van der Waals surface area contributed by atoms with E-state index in [1.54, 1.807) is 29.2 Å². The van der Waals surface area contributed by atoms with Gasteiger partial charge in [0.25, 0.3) is 0 Å². The first-order chi connectivity index (χ1) is 12.6. The van der Waals surface area contributed by atoms with Crippen molar-refractivity contribution < 1.29 is 9.59 Å². The molecule has 1 saturated carbocycles. The van der Waals surface area contributed by atoms with Crippen LogP contribution in [0, 0.1) is 5.92 Å². The standard InChI is InChI=1S/C20H18ClN3O2/c21-13-8-10-14(11-9-13)22-19(25)12-24-18-7-2-1-5-17(18)23-16-6-3-4-15(16)20(24)26/h1-2,5,7-11,15H,3-4,6,12H2,(H,22,25)/t15-/m0/s1. The third kappa shape index (κ3) is 3.22. The predicted molar refractivity (Wildman–Crippen MR) is 103 cm³/mol. The third-order valence-electron chi connectivity index (χ3n) is 4.76. The molecular weight excluding hydrogens is 350 g/mol. The summed E-state index contributed by atoms with van der Waals surface area (Å²) in [5.74, 6) is -0.514. The van der Waals surface area contributed by atoms with Crippen molar-refractivity contribution in [3.8, 4) is 0 Å². The lowest BCUT2D eigenvalue weighted by Crippen LogP contribution is -2.41.